The first kappa shape index (κ1) is 12.9. The maximum absolute atomic E-state index is 5.84. The predicted octanol–water partition coefficient (Wildman–Crippen LogP) is 2.47. The van der Waals surface area contributed by atoms with E-state index in [1.807, 2.05) is 0 Å². The van der Waals surface area contributed by atoms with E-state index in [1.54, 1.807) is 0 Å². The van der Waals surface area contributed by atoms with Crippen LogP contribution in [-0.4, -0.2) is 31.9 Å². The Kier molecular flexibility index (Phi) is 4.86. The zero-order chi connectivity index (χ0) is 12.1. The van der Waals surface area contributed by atoms with Crippen LogP contribution in [0.3, 0.4) is 0 Å². The van der Waals surface area contributed by atoms with Crippen molar-refractivity contribution < 1.29 is 9.47 Å². The van der Waals surface area contributed by atoms with Crippen molar-refractivity contribution in [2.45, 2.75) is 51.7 Å². The Labute approximate surface area is 105 Å². The third kappa shape index (κ3) is 3.23. The number of allylic oxidation sites excluding steroid dienone is 1. The van der Waals surface area contributed by atoms with Gasteiger partial charge in [-0.15, -0.1) is 0 Å². The lowest BCUT2D eigenvalue weighted by Crippen LogP contribution is -2.42. The molecule has 98 valence electrons. The SMILES string of the molecule is CCCNC(C1=CCCCO1)C1CCOC1C. The highest BCUT2D eigenvalue weighted by atomic mass is 16.5. The molecule has 0 saturated carbocycles. The summed E-state index contributed by atoms with van der Waals surface area (Å²) >= 11 is 0. The molecule has 1 saturated heterocycles. The molecule has 0 amide bonds. The maximum Gasteiger partial charge on any atom is 0.109 e. The van der Waals surface area contributed by atoms with Gasteiger partial charge in [-0.05, 0) is 45.2 Å². The second-order valence-electron chi connectivity index (χ2n) is 5.06. The third-order valence-electron chi connectivity index (χ3n) is 3.75. The fourth-order valence-electron chi connectivity index (χ4n) is 2.74. The lowest BCUT2D eigenvalue weighted by atomic mass is 9.91. The van der Waals surface area contributed by atoms with Crippen molar-refractivity contribution in [2.75, 3.05) is 19.8 Å². The Bertz CT molecular complexity index is 265. The fourth-order valence-corrected chi connectivity index (χ4v) is 2.74. The second kappa shape index (κ2) is 6.41. The Morgan fingerprint density at radius 3 is 2.94 bits per heavy atom. The first-order valence-electron chi connectivity index (χ1n) is 7.00. The smallest absolute Gasteiger partial charge is 0.109 e. The van der Waals surface area contributed by atoms with Crippen LogP contribution in [0.25, 0.3) is 0 Å². The Morgan fingerprint density at radius 2 is 2.35 bits per heavy atom. The molecule has 3 unspecified atom stereocenters. The Morgan fingerprint density at radius 1 is 1.47 bits per heavy atom. The van der Waals surface area contributed by atoms with Crippen LogP contribution in [0, 0.1) is 5.92 Å². The molecule has 1 N–H and O–H groups in total. The quantitative estimate of drug-likeness (QED) is 0.799. The number of hydrogen-bond donors (Lipinski definition) is 1. The van der Waals surface area contributed by atoms with Gasteiger partial charge in [-0.3, -0.25) is 0 Å². The topological polar surface area (TPSA) is 30.5 Å². The van der Waals surface area contributed by atoms with Crippen LogP contribution >= 0.6 is 0 Å². The molecule has 2 heterocycles. The van der Waals surface area contributed by atoms with Crippen molar-refractivity contribution >= 4 is 0 Å². The standard InChI is InChI=1S/C14H25NO2/c1-3-8-15-14(12-7-10-16-11(12)2)13-6-4-5-9-17-13/h6,11-12,14-15H,3-5,7-10H2,1-2H3. The van der Waals surface area contributed by atoms with Crippen LogP contribution in [0.2, 0.25) is 0 Å². The van der Waals surface area contributed by atoms with Gasteiger partial charge >= 0.3 is 0 Å². The van der Waals surface area contributed by atoms with Gasteiger partial charge in [-0.25, -0.2) is 0 Å². The van der Waals surface area contributed by atoms with E-state index in [4.69, 9.17) is 9.47 Å². The van der Waals surface area contributed by atoms with Gasteiger partial charge in [0.25, 0.3) is 0 Å². The van der Waals surface area contributed by atoms with Gasteiger partial charge in [0.05, 0.1) is 18.8 Å². The molecule has 0 aromatic rings. The normalized spacial score (nSPS) is 30.8. The van der Waals surface area contributed by atoms with E-state index in [0.29, 0.717) is 18.1 Å². The van der Waals surface area contributed by atoms with E-state index in [2.05, 4.69) is 25.2 Å². The molecule has 2 aliphatic rings. The van der Waals surface area contributed by atoms with Gasteiger partial charge in [-0.2, -0.15) is 0 Å². The molecule has 3 nitrogen and oxygen atoms in total. The maximum atomic E-state index is 5.84. The molecule has 3 heteroatoms. The largest absolute Gasteiger partial charge is 0.497 e. The van der Waals surface area contributed by atoms with E-state index < -0.39 is 0 Å². The average Bonchev–Trinajstić information content (AvgIpc) is 2.78. The minimum Gasteiger partial charge on any atom is -0.497 e. The van der Waals surface area contributed by atoms with Crippen molar-refractivity contribution in [1.29, 1.82) is 0 Å². The molecule has 2 aliphatic heterocycles. The average molecular weight is 239 g/mol. The lowest BCUT2D eigenvalue weighted by Gasteiger charge is -2.30. The number of ether oxygens (including phenoxy) is 2. The molecule has 0 bridgehead atoms. The van der Waals surface area contributed by atoms with Crippen molar-refractivity contribution in [3.63, 3.8) is 0 Å². The van der Waals surface area contributed by atoms with Gasteiger partial charge in [0, 0.05) is 12.5 Å². The van der Waals surface area contributed by atoms with Crippen LogP contribution in [0.5, 0.6) is 0 Å². The highest BCUT2D eigenvalue weighted by Gasteiger charge is 2.34. The fraction of sp³-hybridized carbons (Fsp3) is 0.857. The van der Waals surface area contributed by atoms with E-state index in [0.717, 1.165) is 51.2 Å². The molecule has 17 heavy (non-hydrogen) atoms. The molecule has 0 aromatic heterocycles. The summed E-state index contributed by atoms with van der Waals surface area (Å²) in [6.45, 7) is 7.20. The van der Waals surface area contributed by atoms with E-state index in [9.17, 15) is 0 Å². The summed E-state index contributed by atoms with van der Waals surface area (Å²) in [5.41, 5.74) is 0. The highest BCUT2D eigenvalue weighted by Crippen LogP contribution is 2.29. The van der Waals surface area contributed by atoms with Gasteiger partial charge in [0.15, 0.2) is 0 Å². The van der Waals surface area contributed by atoms with Crippen LogP contribution in [0.4, 0.5) is 0 Å². The molecule has 1 fully saturated rings. The number of nitrogens with one attached hydrogen (secondary N) is 1. The van der Waals surface area contributed by atoms with Gasteiger partial charge in [0.2, 0.25) is 0 Å². The Hall–Kier alpha value is -0.540. The van der Waals surface area contributed by atoms with Crippen molar-refractivity contribution in [1.82, 2.24) is 5.32 Å². The van der Waals surface area contributed by atoms with E-state index >= 15 is 0 Å². The summed E-state index contributed by atoms with van der Waals surface area (Å²) in [7, 11) is 0. The molecule has 0 aliphatic carbocycles. The summed E-state index contributed by atoms with van der Waals surface area (Å²) in [6.07, 6.45) is 7.22. The van der Waals surface area contributed by atoms with Crippen molar-refractivity contribution in [3.8, 4) is 0 Å². The van der Waals surface area contributed by atoms with Crippen molar-refractivity contribution in [2.24, 2.45) is 5.92 Å². The molecule has 0 aromatic carbocycles. The van der Waals surface area contributed by atoms with Crippen LogP contribution in [0.15, 0.2) is 11.8 Å². The summed E-state index contributed by atoms with van der Waals surface area (Å²) < 4.78 is 11.5. The molecule has 2 rings (SSSR count). The van der Waals surface area contributed by atoms with Crippen LogP contribution in [0.1, 0.15) is 39.5 Å². The van der Waals surface area contributed by atoms with Gasteiger partial charge in [-0.1, -0.05) is 6.92 Å². The van der Waals surface area contributed by atoms with Crippen LogP contribution < -0.4 is 5.32 Å². The second-order valence-corrected chi connectivity index (χ2v) is 5.06. The first-order chi connectivity index (χ1) is 8.33. The van der Waals surface area contributed by atoms with Crippen LogP contribution in [-0.2, 0) is 9.47 Å². The minimum absolute atomic E-state index is 0.343. The third-order valence-corrected chi connectivity index (χ3v) is 3.75. The van der Waals surface area contributed by atoms with Gasteiger partial charge in [0.1, 0.15) is 5.76 Å². The molecule has 0 radical (unpaired) electrons. The monoisotopic (exact) mass is 239 g/mol. The summed E-state index contributed by atoms with van der Waals surface area (Å²) in [5.74, 6) is 1.72. The molecule has 3 atom stereocenters. The zero-order valence-corrected chi connectivity index (χ0v) is 11.1. The summed E-state index contributed by atoms with van der Waals surface area (Å²) in [4.78, 5) is 0. The highest BCUT2D eigenvalue weighted by molar-refractivity contribution is 5.09. The molecule has 0 spiro atoms. The zero-order valence-electron chi connectivity index (χ0n) is 11.1. The van der Waals surface area contributed by atoms with E-state index in [1.165, 1.54) is 0 Å². The Balaban J connectivity index is 2.03. The summed E-state index contributed by atoms with van der Waals surface area (Å²) in [6, 6.07) is 0.354. The number of rotatable bonds is 5. The molecular formula is C14H25NO2. The molecular weight excluding hydrogens is 214 g/mol. The van der Waals surface area contributed by atoms with E-state index in [-0.39, 0.29) is 0 Å². The summed E-state index contributed by atoms with van der Waals surface area (Å²) in [5, 5.41) is 3.64. The van der Waals surface area contributed by atoms with Crippen molar-refractivity contribution in [3.05, 3.63) is 11.8 Å². The van der Waals surface area contributed by atoms with Gasteiger partial charge < -0.3 is 14.8 Å². The predicted molar refractivity (Wildman–Crippen MR) is 68.9 cm³/mol. The number of hydrogen-bond acceptors (Lipinski definition) is 3. The first-order valence-corrected chi connectivity index (χ1v) is 7.00. The minimum atomic E-state index is 0.343. The lowest BCUT2D eigenvalue weighted by molar-refractivity contribution is 0.0839.